The Kier molecular flexibility index (Phi) is 5.28. The molecule has 0 radical (unpaired) electrons. The number of benzene rings is 1. The minimum absolute atomic E-state index is 0.125. The fourth-order valence-corrected chi connectivity index (χ4v) is 3.33. The van der Waals surface area contributed by atoms with Crippen LogP contribution >= 0.6 is 15.9 Å². The van der Waals surface area contributed by atoms with Crippen LogP contribution in [-0.2, 0) is 13.0 Å². The molecule has 0 saturated carbocycles. The molecule has 0 spiro atoms. The summed E-state index contributed by atoms with van der Waals surface area (Å²) in [7, 11) is 2.11. The van der Waals surface area contributed by atoms with Gasteiger partial charge in [0.1, 0.15) is 0 Å². The quantitative estimate of drug-likeness (QED) is 0.751. The molecule has 23 heavy (non-hydrogen) atoms. The van der Waals surface area contributed by atoms with E-state index in [2.05, 4.69) is 45.0 Å². The van der Waals surface area contributed by atoms with Gasteiger partial charge in [-0.2, -0.15) is 0 Å². The van der Waals surface area contributed by atoms with Crippen LogP contribution in [0.3, 0.4) is 0 Å². The van der Waals surface area contributed by atoms with Crippen LogP contribution in [0.15, 0.2) is 41.1 Å². The van der Waals surface area contributed by atoms with Crippen molar-refractivity contribution in [3.63, 3.8) is 0 Å². The van der Waals surface area contributed by atoms with E-state index in [4.69, 9.17) is 0 Å². The lowest BCUT2D eigenvalue weighted by Gasteiger charge is -2.27. The second kappa shape index (κ2) is 7.41. The maximum atomic E-state index is 12.7. The molecule has 5 heteroatoms. The minimum atomic E-state index is 0.125. The molecule has 0 bridgehead atoms. The predicted molar refractivity (Wildman–Crippen MR) is 94.6 cm³/mol. The van der Waals surface area contributed by atoms with Crippen molar-refractivity contribution in [2.75, 3.05) is 20.1 Å². The van der Waals surface area contributed by atoms with Crippen molar-refractivity contribution in [2.45, 2.75) is 25.8 Å². The van der Waals surface area contributed by atoms with Gasteiger partial charge in [0, 0.05) is 29.3 Å². The van der Waals surface area contributed by atoms with Crippen molar-refractivity contribution >= 4 is 21.7 Å². The van der Waals surface area contributed by atoms with Crippen LogP contribution in [0, 0.1) is 5.92 Å². The van der Waals surface area contributed by atoms with Gasteiger partial charge in [-0.3, -0.25) is 4.79 Å². The summed E-state index contributed by atoms with van der Waals surface area (Å²) in [6.07, 6.45) is 6.44. The fourth-order valence-electron chi connectivity index (χ4n) is 3.07. The van der Waals surface area contributed by atoms with Crippen LogP contribution in [0.1, 0.15) is 29.0 Å². The first-order valence-electron chi connectivity index (χ1n) is 8.12. The number of imidazole rings is 1. The molecule has 0 amide bonds. The Balaban J connectivity index is 1.64. The van der Waals surface area contributed by atoms with Gasteiger partial charge in [0.25, 0.3) is 0 Å². The van der Waals surface area contributed by atoms with Gasteiger partial charge in [-0.15, -0.1) is 0 Å². The Morgan fingerprint density at radius 3 is 2.65 bits per heavy atom. The Morgan fingerprint density at radius 2 is 1.96 bits per heavy atom. The van der Waals surface area contributed by atoms with Gasteiger partial charge in [-0.05, 0) is 57.1 Å². The summed E-state index contributed by atoms with van der Waals surface area (Å²) >= 11 is 3.45. The van der Waals surface area contributed by atoms with E-state index in [0.717, 1.165) is 43.4 Å². The summed E-state index contributed by atoms with van der Waals surface area (Å²) < 4.78 is 3.09. The first-order chi connectivity index (χ1) is 11.1. The summed E-state index contributed by atoms with van der Waals surface area (Å²) in [5, 5.41) is 0. The molecule has 1 aliphatic rings. The molecule has 0 unspecified atom stereocenters. The highest BCUT2D eigenvalue weighted by molar-refractivity contribution is 9.10. The average Bonchev–Trinajstić information content (AvgIpc) is 3.03. The van der Waals surface area contributed by atoms with Crippen molar-refractivity contribution in [3.05, 3.63) is 52.5 Å². The standard InChI is InChI=1S/C18H22BrN3O/c1-21-10-7-15(8-11-21)17(23)18-20-9-13-22(18)12-6-14-2-4-16(19)5-3-14/h2-5,9,13,15H,6-8,10-12H2,1H3. The van der Waals surface area contributed by atoms with Crippen molar-refractivity contribution in [1.29, 1.82) is 0 Å². The van der Waals surface area contributed by atoms with E-state index >= 15 is 0 Å². The SMILES string of the molecule is CN1CCC(C(=O)c2nccn2CCc2ccc(Br)cc2)CC1. The van der Waals surface area contributed by atoms with E-state index in [0.29, 0.717) is 5.82 Å². The lowest BCUT2D eigenvalue weighted by Crippen LogP contribution is -2.34. The molecule has 2 aromatic rings. The van der Waals surface area contributed by atoms with Gasteiger partial charge in [-0.1, -0.05) is 28.1 Å². The first kappa shape index (κ1) is 16.4. The number of aromatic nitrogens is 2. The topological polar surface area (TPSA) is 38.1 Å². The van der Waals surface area contributed by atoms with Gasteiger partial charge in [0.2, 0.25) is 5.78 Å². The number of likely N-dealkylation sites (tertiary alicyclic amines) is 1. The van der Waals surface area contributed by atoms with Crippen LogP contribution in [0.25, 0.3) is 0 Å². The lowest BCUT2D eigenvalue weighted by atomic mass is 9.92. The molecular weight excluding hydrogens is 354 g/mol. The van der Waals surface area contributed by atoms with E-state index in [-0.39, 0.29) is 11.7 Å². The smallest absolute Gasteiger partial charge is 0.201 e. The molecule has 4 nitrogen and oxygen atoms in total. The van der Waals surface area contributed by atoms with Gasteiger partial charge >= 0.3 is 0 Å². The number of rotatable bonds is 5. The zero-order valence-corrected chi connectivity index (χ0v) is 15.0. The maximum Gasteiger partial charge on any atom is 0.201 e. The summed E-state index contributed by atoms with van der Waals surface area (Å²) in [5.41, 5.74) is 1.26. The number of ketones is 1. The normalized spacial score (nSPS) is 16.6. The molecule has 1 fully saturated rings. The summed E-state index contributed by atoms with van der Waals surface area (Å²) in [4.78, 5) is 19.3. The first-order valence-corrected chi connectivity index (χ1v) is 8.91. The zero-order valence-electron chi connectivity index (χ0n) is 13.4. The van der Waals surface area contributed by atoms with Crippen LogP contribution in [0.5, 0.6) is 0 Å². The van der Waals surface area contributed by atoms with Gasteiger partial charge in [-0.25, -0.2) is 4.98 Å². The number of halogens is 1. The van der Waals surface area contributed by atoms with Gasteiger partial charge in [0.15, 0.2) is 5.82 Å². The van der Waals surface area contributed by atoms with Crippen molar-refractivity contribution in [3.8, 4) is 0 Å². The molecule has 3 rings (SSSR count). The van der Waals surface area contributed by atoms with E-state index in [1.807, 2.05) is 22.9 Å². The zero-order chi connectivity index (χ0) is 16.2. The summed E-state index contributed by atoms with van der Waals surface area (Å²) in [6, 6.07) is 8.32. The summed E-state index contributed by atoms with van der Waals surface area (Å²) in [5.74, 6) is 0.954. The Morgan fingerprint density at radius 1 is 1.26 bits per heavy atom. The highest BCUT2D eigenvalue weighted by Gasteiger charge is 2.27. The molecule has 0 aliphatic carbocycles. The fraction of sp³-hybridized carbons (Fsp3) is 0.444. The average molecular weight is 376 g/mol. The number of carbonyl (C=O) groups is 1. The van der Waals surface area contributed by atoms with Gasteiger partial charge in [0.05, 0.1) is 0 Å². The Hall–Kier alpha value is -1.46. The number of Topliss-reactive ketones (excluding diaryl/α,β-unsaturated/α-hetero) is 1. The van der Waals surface area contributed by atoms with E-state index in [9.17, 15) is 4.79 Å². The van der Waals surface area contributed by atoms with E-state index < -0.39 is 0 Å². The molecular formula is C18H22BrN3O. The molecule has 1 saturated heterocycles. The highest BCUT2D eigenvalue weighted by atomic mass is 79.9. The van der Waals surface area contributed by atoms with Crippen LogP contribution < -0.4 is 0 Å². The molecule has 0 N–H and O–H groups in total. The number of nitrogens with zero attached hydrogens (tertiary/aromatic N) is 3. The van der Waals surface area contributed by atoms with E-state index in [1.54, 1.807) is 6.20 Å². The number of carbonyl (C=O) groups excluding carboxylic acids is 1. The van der Waals surface area contributed by atoms with Crippen molar-refractivity contribution in [1.82, 2.24) is 14.5 Å². The van der Waals surface area contributed by atoms with Crippen molar-refractivity contribution in [2.24, 2.45) is 5.92 Å². The molecule has 1 aromatic heterocycles. The third kappa shape index (κ3) is 4.09. The van der Waals surface area contributed by atoms with Crippen molar-refractivity contribution < 1.29 is 4.79 Å². The molecule has 1 aromatic carbocycles. The third-order valence-electron chi connectivity index (χ3n) is 4.58. The largest absolute Gasteiger partial charge is 0.328 e. The van der Waals surface area contributed by atoms with Crippen LogP contribution in [-0.4, -0.2) is 40.4 Å². The van der Waals surface area contributed by atoms with Crippen LogP contribution in [0.4, 0.5) is 0 Å². The Labute approximate surface area is 145 Å². The molecule has 0 atom stereocenters. The lowest BCUT2D eigenvalue weighted by molar-refractivity contribution is 0.0841. The van der Waals surface area contributed by atoms with E-state index in [1.165, 1.54) is 5.56 Å². The highest BCUT2D eigenvalue weighted by Crippen LogP contribution is 2.20. The molecule has 2 heterocycles. The number of aryl methyl sites for hydroxylation is 2. The molecule has 1 aliphatic heterocycles. The summed E-state index contributed by atoms with van der Waals surface area (Å²) in [6.45, 7) is 2.78. The monoisotopic (exact) mass is 375 g/mol. The number of piperidine rings is 1. The van der Waals surface area contributed by atoms with Crippen LogP contribution in [0.2, 0.25) is 0 Å². The Bertz CT molecular complexity index is 657. The second-order valence-corrected chi connectivity index (χ2v) is 7.18. The number of hydrogen-bond donors (Lipinski definition) is 0. The molecule has 122 valence electrons. The number of hydrogen-bond acceptors (Lipinski definition) is 3. The van der Waals surface area contributed by atoms with Gasteiger partial charge < -0.3 is 9.47 Å². The predicted octanol–water partition coefficient (Wildman–Crippen LogP) is 3.41. The third-order valence-corrected chi connectivity index (χ3v) is 5.11. The second-order valence-electron chi connectivity index (χ2n) is 6.26. The minimum Gasteiger partial charge on any atom is -0.328 e. The maximum absolute atomic E-state index is 12.7.